The summed E-state index contributed by atoms with van der Waals surface area (Å²) in [4.78, 5) is 38.3. The molecule has 0 spiro atoms. The molecule has 0 bridgehead atoms. The zero-order valence-electron chi connectivity index (χ0n) is 17.7. The number of carbonyl (C=O) groups excluding carboxylic acids is 3. The number of hydrogen-bond donors (Lipinski definition) is 1. The maximum Gasteiger partial charge on any atom is 0.341 e. The molecule has 1 amide bonds. The minimum atomic E-state index is -0.542. The molecule has 156 valence electrons. The zero-order valence-corrected chi connectivity index (χ0v) is 18.5. The second-order valence-corrected chi connectivity index (χ2v) is 8.95. The maximum absolute atomic E-state index is 12.9. The molecule has 0 unspecified atom stereocenters. The van der Waals surface area contributed by atoms with Crippen molar-refractivity contribution in [2.45, 2.75) is 66.3 Å². The van der Waals surface area contributed by atoms with E-state index in [2.05, 4.69) is 23.7 Å². The van der Waals surface area contributed by atoms with E-state index in [4.69, 9.17) is 4.74 Å². The van der Waals surface area contributed by atoms with E-state index >= 15 is 0 Å². The highest BCUT2D eigenvalue weighted by molar-refractivity contribution is 7.17. The molecule has 0 fully saturated rings. The van der Waals surface area contributed by atoms with E-state index in [1.165, 1.54) is 18.3 Å². The molecule has 29 heavy (non-hydrogen) atoms. The van der Waals surface area contributed by atoms with Gasteiger partial charge >= 0.3 is 5.97 Å². The van der Waals surface area contributed by atoms with Gasteiger partial charge in [-0.1, -0.05) is 0 Å². The number of rotatable bonds is 6. The number of esters is 1. The Morgan fingerprint density at radius 1 is 1.21 bits per heavy atom. The van der Waals surface area contributed by atoms with Crippen LogP contribution in [0.5, 0.6) is 0 Å². The molecule has 0 saturated heterocycles. The number of ether oxygens (including phenoxy) is 1. The van der Waals surface area contributed by atoms with Gasteiger partial charge in [-0.15, -0.1) is 11.3 Å². The van der Waals surface area contributed by atoms with Crippen molar-refractivity contribution in [3.8, 4) is 0 Å². The first kappa shape index (κ1) is 21.3. The highest BCUT2D eigenvalue weighted by Gasteiger charge is 2.28. The number of thiophene rings is 1. The smallest absolute Gasteiger partial charge is 0.341 e. The first-order valence-corrected chi connectivity index (χ1v) is 10.8. The first-order valence-electron chi connectivity index (χ1n) is 10.0. The molecule has 0 saturated carbocycles. The van der Waals surface area contributed by atoms with Crippen molar-refractivity contribution in [2.24, 2.45) is 0 Å². The van der Waals surface area contributed by atoms with Gasteiger partial charge in [0.1, 0.15) is 5.00 Å². The fourth-order valence-electron chi connectivity index (χ4n) is 4.16. The summed E-state index contributed by atoms with van der Waals surface area (Å²) in [5.74, 6) is -0.988. The van der Waals surface area contributed by atoms with Crippen LogP contribution in [0.4, 0.5) is 5.00 Å². The molecule has 1 aliphatic rings. The molecule has 1 N–H and O–H groups in total. The summed E-state index contributed by atoms with van der Waals surface area (Å²) in [6, 6.07) is 2.09. The third-order valence-corrected chi connectivity index (χ3v) is 6.51. The Morgan fingerprint density at radius 3 is 2.52 bits per heavy atom. The molecule has 6 nitrogen and oxygen atoms in total. The number of fused-ring (bicyclic) bond motifs is 1. The molecule has 0 radical (unpaired) electrons. The molecule has 0 atom stereocenters. The number of aryl methyl sites for hydroxylation is 2. The summed E-state index contributed by atoms with van der Waals surface area (Å²) in [6.07, 6.45) is 3.77. The van der Waals surface area contributed by atoms with Crippen molar-refractivity contribution in [3.63, 3.8) is 0 Å². The summed E-state index contributed by atoms with van der Waals surface area (Å²) in [5, 5.41) is 3.28. The van der Waals surface area contributed by atoms with Gasteiger partial charge in [-0.3, -0.25) is 9.59 Å². The van der Waals surface area contributed by atoms with Gasteiger partial charge in [0.25, 0.3) is 0 Å². The summed E-state index contributed by atoms with van der Waals surface area (Å²) < 4.78 is 7.51. The molecular weight excluding hydrogens is 388 g/mol. The Balaban J connectivity index is 1.79. The Bertz CT molecular complexity index is 968. The maximum atomic E-state index is 12.9. The van der Waals surface area contributed by atoms with E-state index < -0.39 is 5.97 Å². The lowest BCUT2D eigenvalue weighted by atomic mass is 9.95. The Labute approximate surface area is 175 Å². The summed E-state index contributed by atoms with van der Waals surface area (Å²) >= 11 is 1.44. The van der Waals surface area contributed by atoms with Gasteiger partial charge in [0, 0.05) is 34.8 Å². The van der Waals surface area contributed by atoms with Crippen molar-refractivity contribution in [1.82, 2.24) is 4.57 Å². The van der Waals surface area contributed by atoms with Crippen LogP contribution in [0.15, 0.2) is 6.07 Å². The van der Waals surface area contributed by atoms with Crippen LogP contribution in [0.25, 0.3) is 0 Å². The number of aromatic nitrogens is 1. The van der Waals surface area contributed by atoms with Gasteiger partial charge < -0.3 is 14.6 Å². The standard InChI is InChI=1S/C22H28N2O4S/c1-12(2)24-13(3)10-17(14(24)4)18(26)11-28-22(27)20-16-8-6-7-9-19(16)29-21(20)23-15(5)25/h10,12H,6-9,11H2,1-5H3,(H,23,25). The Hall–Kier alpha value is -2.41. The van der Waals surface area contributed by atoms with Crippen molar-refractivity contribution in [3.05, 3.63) is 39.0 Å². The lowest BCUT2D eigenvalue weighted by molar-refractivity contribution is -0.114. The van der Waals surface area contributed by atoms with E-state index in [-0.39, 0.29) is 24.3 Å². The first-order chi connectivity index (χ1) is 13.7. The molecule has 0 aliphatic heterocycles. The molecule has 2 aromatic heterocycles. The van der Waals surface area contributed by atoms with Gasteiger partial charge in [-0.2, -0.15) is 0 Å². The van der Waals surface area contributed by atoms with Crippen molar-refractivity contribution in [1.29, 1.82) is 0 Å². The minimum Gasteiger partial charge on any atom is -0.454 e. The topological polar surface area (TPSA) is 77.4 Å². The van der Waals surface area contributed by atoms with E-state index in [9.17, 15) is 14.4 Å². The molecule has 2 aromatic rings. The molecular formula is C22H28N2O4S. The van der Waals surface area contributed by atoms with Crippen LogP contribution in [-0.2, 0) is 22.4 Å². The zero-order chi connectivity index (χ0) is 21.3. The molecule has 2 heterocycles. The van der Waals surface area contributed by atoms with Gasteiger partial charge in [0.05, 0.1) is 5.56 Å². The number of nitrogens with zero attached hydrogens (tertiary/aromatic N) is 1. The summed E-state index contributed by atoms with van der Waals surface area (Å²) in [5.41, 5.74) is 3.84. The summed E-state index contributed by atoms with van der Waals surface area (Å²) in [6.45, 7) is 9.11. The molecule has 3 rings (SSSR count). The van der Waals surface area contributed by atoms with Crippen LogP contribution >= 0.6 is 11.3 Å². The summed E-state index contributed by atoms with van der Waals surface area (Å²) in [7, 11) is 0. The van der Waals surface area contributed by atoms with Crippen LogP contribution in [0.1, 0.15) is 82.2 Å². The monoisotopic (exact) mass is 416 g/mol. The van der Waals surface area contributed by atoms with Crippen LogP contribution in [0.3, 0.4) is 0 Å². The third-order valence-electron chi connectivity index (χ3n) is 5.30. The second-order valence-electron chi connectivity index (χ2n) is 7.84. The van der Waals surface area contributed by atoms with E-state index in [1.54, 1.807) is 0 Å². The molecule has 7 heteroatoms. The quantitative estimate of drug-likeness (QED) is 0.550. The average molecular weight is 417 g/mol. The highest BCUT2D eigenvalue weighted by atomic mass is 32.1. The van der Waals surface area contributed by atoms with Gasteiger partial charge in [0.2, 0.25) is 11.7 Å². The van der Waals surface area contributed by atoms with Crippen LogP contribution in [0, 0.1) is 13.8 Å². The molecule has 0 aromatic carbocycles. The van der Waals surface area contributed by atoms with E-state index in [0.29, 0.717) is 16.1 Å². The SMILES string of the molecule is CC(=O)Nc1sc2c(c1C(=O)OCC(=O)c1cc(C)n(C(C)C)c1C)CCCC2. The average Bonchev–Trinajstić information content (AvgIpc) is 3.15. The van der Waals surface area contributed by atoms with E-state index in [1.807, 2.05) is 19.9 Å². The van der Waals surface area contributed by atoms with Crippen LogP contribution < -0.4 is 5.32 Å². The number of Topliss-reactive ketones (excluding diaryl/α,β-unsaturated/α-hetero) is 1. The van der Waals surface area contributed by atoms with Crippen molar-refractivity contribution in [2.75, 3.05) is 11.9 Å². The minimum absolute atomic E-state index is 0.219. The lowest BCUT2D eigenvalue weighted by Gasteiger charge is -2.14. The number of ketones is 1. The molecule has 1 aliphatic carbocycles. The fourth-order valence-corrected chi connectivity index (χ4v) is 5.49. The second kappa shape index (κ2) is 8.53. The number of anilines is 1. The fraction of sp³-hybridized carbons (Fsp3) is 0.500. The Kier molecular flexibility index (Phi) is 6.27. The predicted molar refractivity (Wildman–Crippen MR) is 114 cm³/mol. The van der Waals surface area contributed by atoms with Gasteiger partial charge in [-0.05, 0) is 65.0 Å². The van der Waals surface area contributed by atoms with E-state index in [0.717, 1.165) is 47.5 Å². The number of hydrogen-bond acceptors (Lipinski definition) is 5. The van der Waals surface area contributed by atoms with Gasteiger partial charge in [-0.25, -0.2) is 4.79 Å². The van der Waals surface area contributed by atoms with Crippen LogP contribution in [0.2, 0.25) is 0 Å². The predicted octanol–water partition coefficient (Wildman–Crippen LogP) is 4.62. The van der Waals surface area contributed by atoms with Crippen molar-refractivity contribution < 1.29 is 19.1 Å². The van der Waals surface area contributed by atoms with Crippen LogP contribution in [-0.4, -0.2) is 28.8 Å². The number of amides is 1. The number of carbonyl (C=O) groups is 3. The largest absolute Gasteiger partial charge is 0.454 e. The number of nitrogens with one attached hydrogen (secondary N) is 1. The van der Waals surface area contributed by atoms with Gasteiger partial charge in [0.15, 0.2) is 6.61 Å². The normalized spacial score (nSPS) is 13.3. The lowest BCUT2D eigenvalue weighted by Crippen LogP contribution is -2.18. The Morgan fingerprint density at radius 2 is 1.90 bits per heavy atom. The third kappa shape index (κ3) is 4.29. The highest BCUT2D eigenvalue weighted by Crippen LogP contribution is 2.38. The van der Waals surface area contributed by atoms with Crippen molar-refractivity contribution >= 4 is 34.0 Å².